The molecule has 3 heterocycles. The maximum atomic E-state index is 14.5. The van der Waals surface area contributed by atoms with Crippen molar-refractivity contribution in [3.05, 3.63) is 53.3 Å². The monoisotopic (exact) mass is 824 g/mol. The number of anilines is 1. The van der Waals surface area contributed by atoms with Crippen molar-refractivity contribution in [2.24, 2.45) is 23.7 Å². The van der Waals surface area contributed by atoms with E-state index >= 15 is 0 Å². The summed E-state index contributed by atoms with van der Waals surface area (Å²) in [5.41, 5.74) is -0.00381. The average Bonchev–Trinajstić information content (AvgIpc) is 3.46. The van der Waals surface area contributed by atoms with E-state index in [1.54, 1.807) is 46.9 Å². The summed E-state index contributed by atoms with van der Waals surface area (Å²) in [7, 11) is 3.07. The summed E-state index contributed by atoms with van der Waals surface area (Å²) in [5.74, 6) is -8.01. The van der Waals surface area contributed by atoms with Gasteiger partial charge in [0.2, 0.25) is 0 Å². The minimum absolute atomic E-state index is 0.0562. The molecular formula is C44H60N2O13. The largest absolute Gasteiger partial charge is 0.507 e. The molecular weight excluding hydrogens is 764 g/mol. The SMILES string of the molecule is CCCCN(C)C(=O)COc1cc2c(O)c3c(O)c(C)c4c(c13)C(=O)C(C)(O/C=C/C(OC)C(C)C(OC(C)=O)C(C)C(O)C(C)C(O)C(C)/C=C/C=C(/C)C(=O)N2)O4. The number of carbonyl (C=O) groups excluding carboxylic acids is 4. The summed E-state index contributed by atoms with van der Waals surface area (Å²) < 4.78 is 29.7. The normalized spacial score (nSPS) is 29.8. The molecule has 0 saturated carbocycles. The molecule has 3 aliphatic heterocycles. The zero-order valence-corrected chi connectivity index (χ0v) is 35.8. The van der Waals surface area contributed by atoms with Crippen LogP contribution in [0.4, 0.5) is 5.69 Å². The first-order valence-electron chi connectivity index (χ1n) is 19.9. The molecule has 2 aromatic rings. The Morgan fingerprint density at radius 1 is 0.983 bits per heavy atom. The number of unbranched alkanes of at least 4 members (excludes halogenated alkanes) is 1. The lowest BCUT2D eigenvalue weighted by Crippen LogP contribution is -2.46. The molecule has 5 bridgehead atoms. The first kappa shape index (κ1) is 46.6. The molecule has 5 N–H and O–H groups in total. The Balaban J connectivity index is 1.92. The number of likely N-dealkylation sites (N-methyl/N-ethyl adjacent to an activating group) is 1. The van der Waals surface area contributed by atoms with Crippen LogP contribution in [0.2, 0.25) is 0 Å². The number of hydrogen-bond acceptors (Lipinski definition) is 13. The fourth-order valence-corrected chi connectivity index (χ4v) is 7.52. The average molecular weight is 825 g/mol. The van der Waals surface area contributed by atoms with Crippen molar-refractivity contribution in [3.8, 4) is 23.0 Å². The van der Waals surface area contributed by atoms with Crippen molar-refractivity contribution in [1.29, 1.82) is 0 Å². The van der Waals surface area contributed by atoms with E-state index in [0.29, 0.717) is 6.54 Å². The molecule has 9 atom stereocenters. The standard InChI is InChI=1S/C44H60N2O13/c1-12-13-18-46(10)32(48)21-56-31-20-29-39(52)34-33(31)35-41(27(7)38(34)51)59-44(9,42(35)53)57-19-17-30(55-11)24(4)40(58-28(8)47)26(6)37(50)25(5)36(49)22(2)15-14-16-23(3)43(54)45-29/h14-17,19-20,22,24-26,30,36-37,40,49-52H,12-13,18,21H2,1-11H3,(H,45,54)/b15-14+,19-17+,23-16-. The number of fused-ring (bicyclic) bond motifs is 14. The number of allylic oxidation sites excluding steroid dienone is 2. The highest BCUT2D eigenvalue weighted by Crippen LogP contribution is 2.54. The number of Topliss-reactive ketones (excluding diaryl/α,β-unsaturated/α-hetero) is 1. The van der Waals surface area contributed by atoms with Crippen LogP contribution in [0.1, 0.15) is 84.2 Å². The summed E-state index contributed by atoms with van der Waals surface area (Å²) in [6.45, 7) is 14.6. The first-order chi connectivity index (χ1) is 27.7. The van der Waals surface area contributed by atoms with Crippen molar-refractivity contribution < 1.29 is 63.3 Å². The van der Waals surface area contributed by atoms with E-state index < -0.39 is 89.6 Å². The lowest BCUT2D eigenvalue weighted by molar-refractivity contribution is -0.160. The van der Waals surface area contributed by atoms with E-state index in [9.17, 15) is 39.6 Å². The Morgan fingerprint density at radius 3 is 2.29 bits per heavy atom. The van der Waals surface area contributed by atoms with Gasteiger partial charge < -0.3 is 54.3 Å². The van der Waals surface area contributed by atoms with E-state index in [0.717, 1.165) is 12.8 Å². The van der Waals surface area contributed by atoms with Gasteiger partial charge in [0.25, 0.3) is 17.6 Å². The number of nitrogens with zero attached hydrogens (tertiary/aromatic N) is 1. The lowest BCUT2D eigenvalue weighted by atomic mass is 9.78. The quantitative estimate of drug-likeness (QED) is 0.160. The topological polar surface area (TPSA) is 211 Å². The molecule has 9 unspecified atom stereocenters. The number of aliphatic hydroxyl groups excluding tert-OH is 2. The van der Waals surface area contributed by atoms with Gasteiger partial charge >= 0.3 is 11.8 Å². The van der Waals surface area contributed by atoms with Crippen molar-refractivity contribution in [3.63, 3.8) is 0 Å². The predicted molar refractivity (Wildman–Crippen MR) is 220 cm³/mol. The summed E-state index contributed by atoms with van der Waals surface area (Å²) in [5, 5.41) is 48.4. The summed E-state index contributed by atoms with van der Waals surface area (Å²) in [6.07, 6.45) is 5.23. The number of hydrogen-bond donors (Lipinski definition) is 5. The summed E-state index contributed by atoms with van der Waals surface area (Å²) in [6, 6.07) is 1.27. The number of amides is 2. The molecule has 0 fully saturated rings. The predicted octanol–water partition coefficient (Wildman–Crippen LogP) is 5.69. The number of ether oxygens (including phenoxy) is 5. The van der Waals surface area contributed by atoms with Crippen LogP contribution in [0.3, 0.4) is 0 Å². The van der Waals surface area contributed by atoms with Gasteiger partial charge in [-0.1, -0.05) is 59.3 Å². The number of ketones is 1. The van der Waals surface area contributed by atoms with Crippen molar-refractivity contribution in [1.82, 2.24) is 4.90 Å². The highest BCUT2D eigenvalue weighted by molar-refractivity contribution is 6.21. The van der Waals surface area contributed by atoms with Crippen molar-refractivity contribution in [2.75, 3.05) is 32.6 Å². The van der Waals surface area contributed by atoms with Gasteiger partial charge in [0.15, 0.2) is 12.4 Å². The van der Waals surface area contributed by atoms with Crippen LogP contribution in [0.15, 0.2) is 42.2 Å². The molecule has 59 heavy (non-hydrogen) atoms. The minimum atomic E-state index is -2.02. The molecule has 324 valence electrons. The van der Waals surface area contributed by atoms with Gasteiger partial charge in [-0.15, -0.1) is 0 Å². The van der Waals surface area contributed by atoms with Crippen LogP contribution in [-0.2, 0) is 28.6 Å². The number of phenols is 2. The zero-order chi connectivity index (χ0) is 44.1. The van der Waals surface area contributed by atoms with E-state index in [4.69, 9.17) is 23.7 Å². The molecule has 0 spiro atoms. The molecule has 5 rings (SSSR count). The van der Waals surface area contributed by atoms with Gasteiger partial charge in [-0.3, -0.25) is 19.2 Å². The van der Waals surface area contributed by atoms with E-state index in [1.165, 1.54) is 64.2 Å². The Kier molecular flexibility index (Phi) is 15.2. The van der Waals surface area contributed by atoms with Crippen molar-refractivity contribution in [2.45, 2.75) is 105 Å². The third kappa shape index (κ3) is 9.85. The second-order valence-electron chi connectivity index (χ2n) is 15.9. The molecule has 2 amide bonds. The van der Waals surface area contributed by atoms with E-state index in [2.05, 4.69) is 5.32 Å². The number of methoxy groups -OCH3 is 1. The molecule has 0 saturated heterocycles. The zero-order valence-electron chi connectivity index (χ0n) is 35.8. The Labute approximate surface area is 345 Å². The number of carbonyl (C=O) groups is 4. The maximum absolute atomic E-state index is 14.5. The van der Waals surface area contributed by atoms with Crippen LogP contribution in [0.5, 0.6) is 23.0 Å². The number of benzene rings is 2. The molecule has 3 aliphatic rings. The Morgan fingerprint density at radius 2 is 1.66 bits per heavy atom. The van der Waals surface area contributed by atoms with Gasteiger partial charge in [-0.25, -0.2) is 0 Å². The Bertz CT molecular complexity index is 2010. The summed E-state index contributed by atoms with van der Waals surface area (Å²) >= 11 is 0. The van der Waals surface area contributed by atoms with E-state index in [1.807, 2.05) is 6.92 Å². The van der Waals surface area contributed by atoms with Gasteiger partial charge in [0, 0.05) is 80.8 Å². The number of aliphatic hydroxyl groups is 2. The maximum Gasteiger partial charge on any atom is 0.312 e. The van der Waals surface area contributed by atoms with Crippen LogP contribution in [0.25, 0.3) is 10.8 Å². The summed E-state index contributed by atoms with van der Waals surface area (Å²) in [4.78, 5) is 55.0. The highest BCUT2D eigenvalue weighted by atomic mass is 16.7. The van der Waals surface area contributed by atoms with Crippen LogP contribution < -0.4 is 14.8 Å². The minimum Gasteiger partial charge on any atom is -0.507 e. The molecule has 15 nitrogen and oxygen atoms in total. The number of rotatable bonds is 8. The van der Waals surface area contributed by atoms with E-state index in [-0.39, 0.29) is 50.6 Å². The third-order valence-corrected chi connectivity index (χ3v) is 11.4. The number of phenolic OH excluding ortho intramolecular Hbond substituents is 2. The fraction of sp³-hybridized carbons (Fsp3) is 0.545. The van der Waals surface area contributed by atoms with Gasteiger partial charge in [-0.05, 0) is 26.3 Å². The second kappa shape index (κ2) is 19.3. The number of nitrogens with one attached hydrogen (secondary N) is 1. The van der Waals surface area contributed by atoms with Crippen LogP contribution in [-0.4, -0.2) is 106 Å². The van der Waals surface area contributed by atoms with Gasteiger partial charge in [0.05, 0.1) is 41.2 Å². The second-order valence-corrected chi connectivity index (χ2v) is 15.9. The Hall–Kier alpha value is -5.12. The van der Waals surface area contributed by atoms with Crippen LogP contribution in [0, 0.1) is 30.6 Å². The molecule has 2 aromatic carbocycles. The highest BCUT2D eigenvalue weighted by Gasteiger charge is 2.49. The molecule has 0 aliphatic carbocycles. The number of aromatic hydroxyl groups is 2. The lowest BCUT2D eigenvalue weighted by Gasteiger charge is -2.38. The van der Waals surface area contributed by atoms with Gasteiger partial charge in [-0.2, -0.15) is 0 Å². The van der Waals surface area contributed by atoms with Gasteiger partial charge in [0.1, 0.15) is 23.4 Å². The molecule has 0 radical (unpaired) electrons. The third-order valence-electron chi connectivity index (χ3n) is 11.4. The fourth-order valence-electron chi connectivity index (χ4n) is 7.52. The molecule has 0 aromatic heterocycles. The smallest absolute Gasteiger partial charge is 0.312 e. The van der Waals surface area contributed by atoms with Crippen LogP contribution >= 0.6 is 0 Å². The first-order valence-corrected chi connectivity index (χ1v) is 19.9. The number of esters is 1. The van der Waals surface area contributed by atoms with Crippen molar-refractivity contribution >= 4 is 40.0 Å². The molecule has 15 heteroatoms.